The molecule has 1 N–H and O–H groups in total. The number of rotatable bonds is 6. The molecule has 0 aliphatic heterocycles. The minimum absolute atomic E-state index is 0.309. The molecule has 96 valence electrons. The molecule has 1 amide bonds. The predicted molar refractivity (Wildman–Crippen MR) is 67.5 cm³/mol. The highest BCUT2D eigenvalue weighted by Crippen LogP contribution is 2.08. The molecule has 0 saturated carbocycles. The van der Waals surface area contributed by atoms with Crippen molar-refractivity contribution in [3.05, 3.63) is 0 Å². The van der Waals surface area contributed by atoms with Crippen LogP contribution >= 0.6 is 0 Å². The molecule has 0 saturated heterocycles. The molecule has 0 unspecified atom stereocenters. The van der Waals surface area contributed by atoms with E-state index in [2.05, 4.69) is 19.2 Å². The summed E-state index contributed by atoms with van der Waals surface area (Å²) >= 11 is 0. The largest absolute Gasteiger partial charge is 0.444 e. The van der Waals surface area contributed by atoms with E-state index in [4.69, 9.17) is 4.74 Å². The number of alkyl carbamates (subject to hydrolysis) is 1. The molecule has 0 aromatic heterocycles. The second-order valence-corrected chi connectivity index (χ2v) is 5.67. The molecule has 0 rings (SSSR count). The molecule has 3 heteroatoms. The number of hydrogen-bond acceptors (Lipinski definition) is 2. The van der Waals surface area contributed by atoms with Crippen LogP contribution in [-0.4, -0.2) is 18.2 Å². The summed E-state index contributed by atoms with van der Waals surface area (Å²) in [7, 11) is 0. The lowest BCUT2D eigenvalue weighted by molar-refractivity contribution is 0.0527. The molecule has 0 aliphatic rings. The van der Waals surface area contributed by atoms with Gasteiger partial charge in [-0.3, -0.25) is 0 Å². The molecule has 3 nitrogen and oxygen atoms in total. The van der Waals surface area contributed by atoms with E-state index in [0.717, 1.165) is 12.3 Å². The summed E-state index contributed by atoms with van der Waals surface area (Å²) in [6.07, 6.45) is 4.41. The zero-order chi connectivity index (χ0) is 12.6. The Bertz CT molecular complexity index is 195. The summed E-state index contributed by atoms with van der Waals surface area (Å²) in [5, 5.41) is 2.77. The molecular formula is C13H27NO2. The smallest absolute Gasteiger partial charge is 0.407 e. The van der Waals surface area contributed by atoms with Crippen LogP contribution in [0, 0.1) is 5.92 Å². The van der Waals surface area contributed by atoms with Crippen LogP contribution in [0.25, 0.3) is 0 Å². The van der Waals surface area contributed by atoms with Crippen LogP contribution in [0.2, 0.25) is 0 Å². The molecule has 0 atom stereocenters. The zero-order valence-corrected chi connectivity index (χ0v) is 11.4. The van der Waals surface area contributed by atoms with Crippen LogP contribution in [-0.2, 0) is 4.74 Å². The van der Waals surface area contributed by atoms with Crippen molar-refractivity contribution in [2.45, 2.75) is 65.9 Å². The van der Waals surface area contributed by atoms with Crippen molar-refractivity contribution in [1.82, 2.24) is 5.32 Å². The second-order valence-electron chi connectivity index (χ2n) is 5.67. The molecule has 0 aliphatic carbocycles. The quantitative estimate of drug-likeness (QED) is 0.705. The van der Waals surface area contributed by atoms with Gasteiger partial charge in [0.05, 0.1) is 0 Å². The van der Waals surface area contributed by atoms with Gasteiger partial charge in [-0.05, 0) is 33.1 Å². The van der Waals surface area contributed by atoms with Gasteiger partial charge in [0.2, 0.25) is 0 Å². The van der Waals surface area contributed by atoms with E-state index in [1.165, 1.54) is 19.3 Å². The van der Waals surface area contributed by atoms with Gasteiger partial charge < -0.3 is 10.1 Å². The first kappa shape index (κ1) is 15.3. The van der Waals surface area contributed by atoms with Gasteiger partial charge in [-0.15, -0.1) is 0 Å². The molecule has 0 radical (unpaired) electrons. The third-order valence-electron chi connectivity index (χ3n) is 2.13. The fourth-order valence-electron chi connectivity index (χ4n) is 1.36. The number of nitrogens with one attached hydrogen (secondary N) is 1. The first-order chi connectivity index (χ1) is 7.31. The Balaban J connectivity index is 3.35. The van der Waals surface area contributed by atoms with Gasteiger partial charge in [-0.2, -0.15) is 0 Å². The Morgan fingerprint density at radius 1 is 1.19 bits per heavy atom. The van der Waals surface area contributed by atoms with Gasteiger partial charge in [0, 0.05) is 6.54 Å². The van der Waals surface area contributed by atoms with Gasteiger partial charge >= 0.3 is 6.09 Å². The number of carbonyl (C=O) groups excluding carboxylic acids is 1. The fraction of sp³-hybridized carbons (Fsp3) is 0.923. The van der Waals surface area contributed by atoms with Gasteiger partial charge in [0.15, 0.2) is 0 Å². The molecule has 0 bridgehead atoms. The maximum absolute atomic E-state index is 11.3. The van der Waals surface area contributed by atoms with E-state index in [1.807, 2.05) is 20.8 Å². The third kappa shape index (κ3) is 11.3. The Hall–Kier alpha value is -0.730. The minimum atomic E-state index is -0.401. The number of ether oxygens (including phenoxy) is 1. The van der Waals surface area contributed by atoms with Gasteiger partial charge in [-0.1, -0.05) is 33.1 Å². The fourth-order valence-corrected chi connectivity index (χ4v) is 1.36. The van der Waals surface area contributed by atoms with Gasteiger partial charge in [0.1, 0.15) is 5.60 Å². The molecule has 0 spiro atoms. The van der Waals surface area contributed by atoms with E-state index in [9.17, 15) is 4.79 Å². The maximum atomic E-state index is 11.3. The number of hydrogen-bond donors (Lipinski definition) is 1. The SMILES string of the molecule is CC(C)CCCCCNC(=O)OC(C)(C)C. The van der Waals surface area contributed by atoms with Crippen molar-refractivity contribution in [2.75, 3.05) is 6.54 Å². The van der Waals surface area contributed by atoms with Gasteiger partial charge in [-0.25, -0.2) is 4.79 Å². The van der Waals surface area contributed by atoms with E-state index in [-0.39, 0.29) is 6.09 Å². The first-order valence-electron chi connectivity index (χ1n) is 6.28. The summed E-state index contributed by atoms with van der Waals surface area (Å²) in [4.78, 5) is 11.3. The monoisotopic (exact) mass is 229 g/mol. The highest BCUT2D eigenvalue weighted by Gasteiger charge is 2.15. The Morgan fingerprint density at radius 2 is 1.81 bits per heavy atom. The van der Waals surface area contributed by atoms with Crippen molar-refractivity contribution >= 4 is 6.09 Å². The average molecular weight is 229 g/mol. The summed E-state index contributed by atoms with van der Waals surface area (Å²) in [5.41, 5.74) is -0.401. The predicted octanol–water partition coefficient (Wildman–Crippen LogP) is 3.73. The van der Waals surface area contributed by atoms with E-state index >= 15 is 0 Å². The van der Waals surface area contributed by atoms with Crippen molar-refractivity contribution in [1.29, 1.82) is 0 Å². The van der Waals surface area contributed by atoms with Crippen molar-refractivity contribution in [3.8, 4) is 0 Å². The van der Waals surface area contributed by atoms with Crippen LogP contribution in [0.4, 0.5) is 4.79 Å². The molecular weight excluding hydrogens is 202 g/mol. The first-order valence-corrected chi connectivity index (χ1v) is 6.28. The molecule has 0 aromatic carbocycles. The van der Waals surface area contributed by atoms with Gasteiger partial charge in [0.25, 0.3) is 0 Å². The lowest BCUT2D eigenvalue weighted by Crippen LogP contribution is -2.32. The highest BCUT2D eigenvalue weighted by molar-refractivity contribution is 5.67. The average Bonchev–Trinajstić information content (AvgIpc) is 2.07. The second kappa shape index (κ2) is 7.53. The summed E-state index contributed by atoms with van der Waals surface area (Å²) in [6, 6.07) is 0. The number of amides is 1. The van der Waals surface area contributed by atoms with Crippen LogP contribution in [0.15, 0.2) is 0 Å². The molecule has 0 fully saturated rings. The maximum Gasteiger partial charge on any atom is 0.407 e. The van der Waals surface area contributed by atoms with Crippen LogP contribution in [0.3, 0.4) is 0 Å². The standard InChI is InChI=1S/C13H27NO2/c1-11(2)9-7-6-8-10-14-12(15)16-13(3,4)5/h11H,6-10H2,1-5H3,(H,14,15). The molecule has 0 aromatic rings. The Kier molecular flexibility index (Phi) is 7.18. The van der Waals surface area contributed by atoms with E-state index in [1.54, 1.807) is 0 Å². The third-order valence-corrected chi connectivity index (χ3v) is 2.13. The van der Waals surface area contributed by atoms with Crippen LogP contribution in [0.1, 0.15) is 60.3 Å². The van der Waals surface area contributed by atoms with E-state index in [0.29, 0.717) is 6.54 Å². The normalized spacial score (nSPS) is 11.6. The molecule has 0 heterocycles. The van der Waals surface area contributed by atoms with Crippen molar-refractivity contribution in [2.24, 2.45) is 5.92 Å². The summed E-state index contributed by atoms with van der Waals surface area (Å²) in [6.45, 7) is 10.8. The summed E-state index contributed by atoms with van der Waals surface area (Å²) in [5.74, 6) is 0.777. The Morgan fingerprint density at radius 3 is 2.31 bits per heavy atom. The lowest BCUT2D eigenvalue weighted by atomic mass is 10.1. The lowest BCUT2D eigenvalue weighted by Gasteiger charge is -2.19. The number of carbonyl (C=O) groups is 1. The highest BCUT2D eigenvalue weighted by atomic mass is 16.6. The topological polar surface area (TPSA) is 38.3 Å². The van der Waals surface area contributed by atoms with E-state index < -0.39 is 5.60 Å². The van der Waals surface area contributed by atoms with Crippen molar-refractivity contribution < 1.29 is 9.53 Å². The van der Waals surface area contributed by atoms with Crippen LogP contribution < -0.4 is 5.32 Å². The van der Waals surface area contributed by atoms with Crippen LogP contribution in [0.5, 0.6) is 0 Å². The number of unbranched alkanes of at least 4 members (excludes halogenated alkanes) is 2. The zero-order valence-electron chi connectivity index (χ0n) is 11.4. The minimum Gasteiger partial charge on any atom is -0.444 e. The summed E-state index contributed by atoms with van der Waals surface area (Å²) < 4.78 is 5.13. The Labute approximate surface area is 99.9 Å². The molecule has 16 heavy (non-hydrogen) atoms. The van der Waals surface area contributed by atoms with Crippen molar-refractivity contribution in [3.63, 3.8) is 0 Å².